The van der Waals surface area contributed by atoms with Gasteiger partial charge in [0.25, 0.3) is 0 Å². The lowest BCUT2D eigenvalue weighted by atomic mass is 10.2. The molecule has 1 aromatic rings. The van der Waals surface area contributed by atoms with Crippen molar-refractivity contribution in [3.8, 4) is 0 Å². The average Bonchev–Trinajstić information content (AvgIpc) is 3.00. The minimum atomic E-state index is 0.0199. The highest BCUT2D eigenvalue weighted by Crippen LogP contribution is 2.34. The summed E-state index contributed by atoms with van der Waals surface area (Å²) in [5, 5.41) is 6.91. The minimum Gasteiger partial charge on any atom is -0.325 e. The number of thioether (sulfide) groups is 1. The number of carbonyl (C=O) groups is 1. The highest BCUT2D eigenvalue weighted by atomic mass is 32.2. The third kappa shape index (κ3) is 5.71. The first-order valence-corrected chi connectivity index (χ1v) is 8.85. The van der Waals surface area contributed by atoms with Gasteiger partial charge in [0.05, 0.1) is 6.54 Å². The molecular formula is C17H26N2OS. The second-order valence-electron chi connectivity index (χ2n) is 5.79. The molecule has 2 rings (SSSR count). The lowest BCUT2D eigenvalue weighted by molar-refractivity contribution is -0.115. The van der Waals surface area contributed by atoms with Crippen LogP contribution in [0.15, 0.2) is 29.2 Å². The monoisotopic (exact) mass is 306 g/mol. The maximum absolute atomic E-state index is 11.8. The van der Waals surface area contributed by atoms with E-state index in [-0.39, 0.29) is 5.91 Å². The zero-order chi connectivity index (χ0) is 15.1. The van der Waals surface area contributed by atoms with E-state index in [4.69, 9.17) is 0 Å². The van der Waals surface area contributed by atoms with Gasteiger partial charge < -0.3 is 10.6 Å². The van der Waals surface area contributed by atoms with Crippen molar-refractivity contribution in [2.45, 2.75) is 62.1 Å². The van der Waals surface area contributed by atoms with E-state index in [1.54, 1.807) is 0 Å². The molecule has 3 nitrogen and oxygen atoms in total. The van der Waals surface area contributed by atoms with Crippen LogP contribution in [0.25, 0.3) is 0 Å². The maximum Gasteiger partial charge on any atom is 0.238 e. The summed E-state index contributed by atoms with van der Waals surface area (Å²) in [4.78, 5) is 13.1. The predicted molar refractivity (Wildman–Crippen MR) is 90.9 cm³/mol. The van der Waals surface area contributed by atoms with Gasteiger partial charge in [-0.2, -0.15) is 0 Å². The summed E-state index contributed by atoms with van der Waals surface area (Å²) >= 11 is 1.97. The van der Waals surface area contributed by atoms with E-state index < -0.39 is 0 Å². The van der Waals surface area contributed by atoms with E-state index in [0.29, 0.717) is 12.6 Å². The number of rotatable bonds is 7. The summed E-state index contributed by atoms with van der Waals surface area (Å²) < 4.78 is 0. The van der Waals surface area contributed by atoms with Crippen molar-refractivity contribution < 1.29 is 4.79 Å². The van der Waals surface area contributed by atoms with E-state index in [1.165, 1.54) is 30.6 Å². The fourth-order valence-corrected chi connectivity index (χ4v) is 3.68. The van der Waals surface area contributed by atoms with Gasteiger partial charge >= 0.3 is 0 Å². The molecular weight excluding hydrogens is 280 g/mol. The third-order valence-corrected chi connectivity index (χ3v) is 5.32. The fraction of sp³-hybridized carbons (Fsp3) is 0.588. The van der Waals surface area contributed by atoms with E-state index in [1.807, 2.05) is 23.9 Å². The number of benzene rings is 1. The van der Waals surface area contributed by atoms with Crippen LogP contribution in [0.1, 0.15) is 46.0 Å². The Hall–Kier alpha value is -1.00. The molecule has 21 heavy (non-hydrogen) atoms. The van der Waals surface area contributed by atoms with E-state index in [9.17, 15) is 4.79 Å². The van der Waals surface area contributed by atoms with Gasteiger partial charge in [0.15, 0.2) is 0 Å². The first-order valence-electron chi connectivity index (χ1n) is 7.97. The topological polar surface area (TPSA) is 41.1 Å². The van der Waals surface area contributed by atoms with Crippen molar-refractivity contribution in [1.29, 1.82) is 0 Å². The second-order valence-corrected chi connectivity index (χ2v) is 7.16. The van der Waals surface area contributed by atoms with Crippen molar-refractivity contribution in [1.82, 2.24) is 5.32 Å². The molecule has 116 valence electrons. The Morgan fingerprint density at radius 1 is 1.29 bits per heavy atom. The number of amides is 1. The zero-order valence-corrected chi connectivity index (χ0v) is 13.8. The van der Waals surface area contributed by atoms with Crippen LogP contribution in [0, 0.1) is 0 Å². The van der Waals surface area contributed by atoms with Gasteiger partial charge in [-0.3, -0.25) is 4.79 Å². The van der Waals surface area contributed by atoms with Gasteiger partial charge in [0.1, 0.15) is 0 Å². The Kier molecular flexibility index (Phi) is 6.58. The van der Waals surface area contributed by atoms with Crippen LogP contribution in [0.2, 0.25) is 0 Å². The van der Waals surface area contributed by atoms with Gasteiger partial charge in [-0.05, 0) is 50.5 Å². The van der Waals surface area contributed by atoms with Crippen LogP contribution < -0.4 is 10.6 Å². The molecule has 1 aliphatic rings. The van der Waals surface area contributed by atoms with Crippen LogP contribution in [0.4, 0.5) is 5.69 Å². The highest BCUT2D eigenvalue weighted by molar-refractivity contribution is 8.00. The Bertz CT molecular complexity index is 441. The van der Waals surface area contributed by atoms with Gasteiger partial charge in [-0.15, -0.1) is 11.8 Å². The number of carbonyl (C=O) groups excluding carboxylic acids is 1. The van der Waals surface area contributed by atoms with Crippen LogP contribution in [0.5, 0.6) is 0 Å². The number of hydrogen-bond acceptors (Lipinski definition) is 3. The number of anilines is 1. The molecule has 1 unspecified atom stereocenters. The second kappa shape index (κ2) is 8.44. The van der Waals surface area contributed by atoms with Crippen molar-refractivity contribution in [3.63, 3.8) is 0 Å². The molecule has 0 bridgehead atoms. The average molecular weight is 306 g/mol. The SMILES string of the molecule is CCC(C)NCC(=O)Nc1ccc(SC2CCCC2)cc1. The van der Waals surface area contributed by atoms with Gasteiger partial charge in [0, 0.05) is 21.9 Å². The molecule has 2 N–H and O–H groups in total. The molecule has 0 radical (unpaired) electrons. The molecule has 0 saturated heterocycles. The summed E-state index contributed by atoms with van der Waals surface area (Å²) in [7, 11) is 0. The largest absolute Gasteiger partial charge is 0.325 e. The van der Waals surface area contributed by atoms with Crippen molar-refractivity contribution in [2.24, 2.45) is 0 Å². The van der Waals surface area contributed by atoms with E-state index in [0.717, 1.165) is 17.4 Å². The van der Waals surface area contributed by atoms with Crippen LogP contribution in [0.3, 0.4) is 0 Å². The van der Waals surface area contributed by atoms with E-state index >= 15 is 0 Å². The highest BCUT2D eigenvalue weighted by Gasteiger charge is 2.15. The third-order valence-electron chi connectivity index (χ3n) is 3.97. The van der Waals surface area contributed by atoms with Crippen molar-refractivity contribution in [2.75, 3.05) is 11.9 Å². The van der Waals surface area contributed by atoms with Crippen LogP contribution >= 0.6 is 11.8 Å². The fourth-order valence-electron chi connectivity index (χ4n) is 2.43. The smallest absolute Gasteiger partial charge is 0.238 e. The van der Waals surface area contributed by atoms with E-state index in [2.05, 4.69) is 36.6 Å². The summed E-state index contributed by atoms with van der Waals surface area (Å²) in [6.07, 6.45) is 6.44. The van der Waals surface area contributed by atoms with Crippen molar-refractivity contribution >= 4 is 23.4 Å². The molecule has 0 heterocycles. The Morgan fingerprint density at radius 3 is 2.57 bits per heavy atom. The molecule has 1 saturated carbocycles. The summed E-state index contributed by atoms with van der Waals surface area (Å²) in [5.74, 6) is 0.0199. The zero-order valence-electron chi connectivity index (χ0n) is 13.0. The standard InChI is InChI=1S/C17H26N2OS/c1-3-13(2)18-12-17(20)19-14-8-10-16(11-9-14)21-15-6-4-5-7-15/h8-11,13,15,18H,3-7,12H2,1-2H3,(H,19,20). The molecule has 4 heteroatoms. The number of hydrogen-bond donors (Lipinski definition) is 2. The Balaban J connectivity index is 1.77. The Morgan fingerprint density at radius 2 is 1.95 bits per heavy atom. The maximum atomic E-state index is 11.8. The minimum absolute atomic E-state index is 0.0199. The molecule has 1 atom stereocenters. The molecule has 0 spiro atoms. The van der Waals surface area contributed by atoms with Crippen LogP contribution in [-0.2, 0) is 4.79 Å². The normalized spacial score (nSPS) is 16.9. The summed E-state index contributed by atoms with van der Waals surface area (Å²) in [6.45, 7) is 4.56. The summed E-state index contributed by atoms with van der Waals surface area (Å²) in [6, 6.07) is 8.60. The Labute approximate surface area is 132 Å². The first-order chi connectivity index (χ1) is 10.2. The first kappa shape index (κ1) is 16.4. The molecule has 1 aromatic carbocycles. The molecule has 1 fully saturated rings. The lowest BCUT2D eigenvalue weighted by Crippen LogP contribution is -2.33. The van der Waals surface area contributed by atoms with Gasteiger partial charge in [-0.25, -0.2) is 0 Å². The van der Waals surface area contributed by atoms with Crippen LogP contribution in [-0.4, -0.2) is 23.7 Å². The molecule has 0 aromatic heterocycles. The van der Waals surface area contributed by atoms with Gasteiger partial charge in [-0.1, -0.05) is 19.8 Å². The lowest BCUT2D eigenvalue weighted by Gasteiger charge is -2.12. The number of nitrogens with one attached hydrogen (secondary N) is 2. The van der Waals surface area contributed by atoms with Gasteiger partial charge in [0.2, 0.25) is 5.91 Å². The predicted octanol–water partition coefficient (Wildman–Crippen LogP) is 4.05. The summed E-state index contributed by atoms with van der Waals surface area (Å²) in [5.41, 5.74) is 0.877. The van der Waals surface area contributed by atoms with Crippen molar-refractivity contribution in [3.05, 3.63) is 24.3 Å². The quantitative estimate of drug-likeness (QED) is 0.798. The molecule has 1 amide bonds. The molecule has 1 aliphatic carbocycles. The molecule has 0 aliphatic heterocycles.